The molecule has 24 heavy (non-hydrogen) atoms. The summed E-state index contributed by atoms with van der Waals surface area (Å²) in [5, 5.41) is 0. The molecule has 2 heterocycles. The highest BCUT2D eigenvalue weighted by Crippen LogP contribution is 2.21. The lowest BCUT2D eigenvalue weighted by Gasteiger charge is -2.18. The molecule has 1 aliphatic rings. The first-order valence-corrected chi connectivity index (χ1v) is 7.48. The first kappa shape index (κ1) is 16.3. The van der Waals surface area contributed by atoms with Gasteiger partial charge in [0.1, 0.15) is 6.10 Å². The number of aromatic nitrogens is 1. The first-order valence-electron chi connectivity index (χ1n) is 7.48. The lowest BCUT2D eigenvalue weighted by molar-refractivity contribution is 0.0991. The van der Waals surface area contributed by atoms with E-state index in [0.29, 0.717) is 24.7 Å². The molecule has 3 rings (SSSR count). The topological polar surface area (TPSA) is 51.7 Å². The molecule has 1 aromatic carbocycles. The van der Waals surface area contributed by atoms with Crippen molar-refractivity contribution < 1.29 is 23.0 Å². The standard InChI is InChI=1S/C17H16F2N2O3/c1-21(12-2-3-14(18)15(19)9-12)17(22)11-4-6-20-16(8-11)24-13-5-7-23-10-13/h2-4,6,8-9,13H,5,7,10H2,1H3. The summed E-state index contributed by atoms with van der Waals surface area (Å²) in [6, 6.07) is 6.36. The van der Waals surface area contributed by atoms with Crippen LogP contribution >= 0.6 is 0 Å². The minimum atomic E-state index is -1.01. The molecule has 5 nitrogen and oxygen atoms in total. The number of carbonyl (C=O) groups is 1. The van der Waals surface area contributed by atoms with Crippen molar-refractivity contribution >= 4 is 11.6 Å². The number of pyridine rings is 1. The van der Waals surface area contributed by atoms with Gasteiger partial charge in [0.15, 0.2) is 11.6 Å². The Balaban J connectivity index is 1.77. The summed E-state index contributed by atoms with van der Waals surface area (Å²) in [7, 11) is 1.49. The van der Waals surface area contributed by atoms with Crippen LogP contribution in [0.2, 0.25) is 0 Å². The smallest absolute Gasteiger partial charge is 0.258 e. The summed E-state index contributed by atoms with van der Waals surface area (Å²) in [5.41, 5.74) is 0.591. The zero-order chi connectivity index (χ0) is 17.1. The number of ether oxygens (including phenoxy) is 2. The molecule has 1 fully saturated rings. The van der Waals surface area contributed by atoms with Crippen LogP contribution in [0.25, 0.3) is 0 Å². The number of amides is 1. The summed E-state index contributed by atoms with van der Waals surface area (Å²) >= 11 is 0. The zero-order valence-electron chi connectivity index (χ0n) is 13.0. The minimum Gasteiger partial charge on any atom is -0.472 e. The summed E-state index contributed by atoms with van der Waals surface area (Å²) in [5.74, 6) is -2.02. The van der Waals surface area contributed by atoms with Gasteiger partial charge in [0.25, 0.3) is 5.91 Å². The quantitative estimate of drug-likeness (QED) is 0.863. The van der Waals surface area contributed by atoms with Crippen LogP contribution in [-0.2, 0) is 4.74 Å². The molecule has 1 saturated heterocycles. The van der Waals surface area contributed by atoms with Gasteiger partial charge in [-0.3, -0.25) is 4.79 Å². The fourth-order valence-corrected chi connectivity index (χ4v) is 2.39. The number of hydrogen-bond acceptors (Lipinski definition) is 4. The van der Waals surface area contributed by atoms with E-state index in [9.17, 15) is 13.6 Å². The molecule has 1 unspecified atom stereocenters. The number of nitrogens with zero attached hydrogens (tertiary/aromatic N) is 2. The predicted molar refractivity (Wildman–Crippen MR) is 83.2 cm³/mol. The molecule has 126 valence electrons. The Morgan fingerprint density at radius 1 is 1.29 bits per heavy atom. The Morgan fingerprint density at radius 3 is 2.83 bits per heavy atom. The molecule has 0 saturated carbocycles. The average molecular weight is 334 g/mol. The number of benzene rings is 1. The molecule has 0 aliphatic carbocycles. The minimum absolute atomic E-state index is 0.0771. The third-order valence-corrected chi connectivity index (χ3v) is 3.75. The maximum absolute atomic E-state index is 13.3. The molecular formula is C17H16F2N2O3. The summed E-state index contributed by atoms with van der Waals surface area (Å²) in [6.45, 7) is 1.14. The van der Waals surface area contributed by atoms with Crippen molar-refractivity contribution in [3.63, 3.8) is 0 Å². The van der Waals surface area contributed by atoms with Gasteiger partial charge in [0, 0.05) is 43.0 Å². The van der Waals surface area contributed by atoms with E-state index in [1.807, 2.05) is 0 Å². The normalized spacial score (nSPS) is 16.9. The van der Waals surface area contributed by atoms with Crippen molar-refractivity contribution in [2.24, 2.45) is 0 Å². The maximum atomic E-state index is 13.3. The highest BCUT2D eigenvalue weighted by Gasteiger charge is 2.20. The Bertz CT molecular complexity index is 748. The van der Waals surface area contributed by atoms with Crippen LogP contribution in [0, 0.1) is 11.6 Å². The monoisotopic (exact) mass is 334 g/mol. The predicted octanol–water partition coefficient (Wildman–Crippen LogP) is 2.80. The van der Waals surface area contributed by atoms with E-state index in [1.54, 1.807) is 0 Å². The second-order valence-corrected chi connectivity index (χ2v) is 5.45. The summed E-state index contributed by atoms with van der Waals surface area (Å²) < 4.78 is 37.3. The van der Waals surface area contributed by atoms with Crippen LogP contribution in [0.4, 0.5) is 14.5 Å². The molecular weight excluding hydrogens is 318 g/mol. The number of rotatable bonds is 4. The van der Waals surface area contributed by atoms with Gasteiger partial charge >= 0.3 is 0 Å². The zero-order valence-corrected chi connectivity index (χ0v) is 13.0. The molecule has 1 amide bonds. The van der Waals surface area contributed by atoms with Gasteiger partial charge in [0.05, 0.1) is 13.2 Å². The van der Waals surface area contributed by atoms with Crippen molar-refractivity contribution in [2.45, 2.75) is 12.5 Å². The van der Waals surface area contributed by atoms with E-state index in [-0.39, 0.29) is 17.7 Å². The fraction of sp³-hybridized carbons (Fsp3) is 0.294. The SMILES string of the molecule is CN(C(=O)c1ccnc(OC2CCOC2)c1)c1ccc(F)c(F)c1. The van der Waals surface area contributed by atoms with Gasteiger partial charge in [-0.05, 0) is 18.2 Å². The van der Waals surface area contributed by atoms with Gasteiger partial charge in [-0.25, -0.2) is 13.8 Å². The van der Waals surface area contributed by atoms with E-state index < -0.39 is 11.6 Å². The van der Waals surface area contributed by atoms with E-state index in [2.05, 4.69) is 4.98 Å². The van der Waals surface area contributed by atoms with Crippen molar-refractivity contribution in [1.82, 2.24) is 4.98 Å². The molecule has 7 heteroatoms. The molecule has 1 aliphatic heterocycles. The van der Waals surface area contributed by atoms with Gasteiger partial charge in [-0.1, -0.05) is 0 Å². The Kier molecular flexibility index (Phi) is 4.71. The van der Waals surface area contributed by atoms with Gasteiger partial charge in [-0.15, -0.1) is 0 Å². The van der Waals surface area contributed by atoms with Crippen molar-refractivity contribution in [1.29, 1.82) is 0 Å². The molecule has 0 spiro atoms. The van der Waals surface area contributed by atoms with Gasteiger partial charge in [-0.2, -0.15) is 0 Å². The highest BCUT2D eigenvalue weighted by molar-refractivity contribution is 6.05. The molecule has 1 aromatic heterocycles. The highest BCUT2D eigenvalue weighted by atomic mass is 19.2. The Labute approximate surface area is 137 Å². The van der Waals surface area contributed by atoms with Crippen LogP contribution in [0.3, 0.4) is 0 Å². The first-order chi connectivity index (χ1) is 11.5. The van der Waals surface area contributed by atoms with Crippen molar-refractivity contribution in [2.75, 3.05) is 25.2 Å². The Morgan fingerprint density at radius 2 is 2.12 bits per heavy atom. The van der Waals surface area contributed by atoms with Crippen LogP contribution in [0.5, 0.6) is 5.88 Å². The lowest BCUT2D eigenvalue weighted by atomic mass is 10.2. The lowest BCUT2D eigenvalue weighted by Crippen LogP contribution is -2.26. The van der Waals surface area contributed by atoms with E-state index in [1.165, 1.54) is 36.3 Å². The second kappa shape index (κ2) is 6.92. The molecule has 0 N–H and O–H groups in total. The van der Waals surface area contributed by atoms with Crippen LogP contribution < -0.4 is 9.64 Å². The summed E-state index contributed by atoms with van der Waals surface area (Å²) in [6.07, 6.45) is 2.17. The number of anilines is 1. The van der Waals surface area contributed by atoms with Gasteiger partial charge in [0.2, 0.25) is 5.88 Å². The van der Waals surface area contributed by atoms with Crippen LogP contribution in [0.15, 0.2) is 36.5 Å². The molecule has 0 bridgehead atoms. The molecule has 2 aromatic rings. The fourth-order valence-electron chi connectivity index (χ4n) is 2.39. The van der Waals surface area contributed by atoms with E-state index in [0.717, 1.165) is 18.6 Å². The van der Waals surface area contributed by atoms with E-state index in [4.69, 9.17) is 9.47 Å². The summed E-state index contributed by atoms with van der Waals surface area (Å²) in [4.78, 5) is 17.9. The number of halogens is 2. The van der Waals surface area contributed by atoms with Crippen molar-refractivity contribution in [3.8, 4) is 5.88 Å². The molecule has 0 radical (unpaired) electrons. The Hall–Kier alpha value is -2.54. The van der Waals surface area contributed by atoms with E-state index >= 15 is 0 Å². The second-order valence-electron chi connectivity index (χ2n) is 5.45. The number of hydrogen-bond donors (Lipinski definition) is 0. The van der Waals surface area contributed by atoms with Crippen LogP contribution in [0.1, 0.15) is 16.8 Å². The third kappa shape index (κ3) is 3.51. The van der Waals surface area contributed by atoms with Crippen LogP contribution in [-0.4, -0.2) is 37.3 Å². The largest absolute Gasteiger partial charge is 0.472 e. The maximum Gasteiger partial charge on any atom is 0.258 e. The van der Waals surface area contributed by atoms with Crippen molar-refractivity contribution in [3.05, 3.63) is 53.7 Å². The number of carbonyl (C=O) groups excluding carboxylic acids is 1. The molecule has 1 atom stereocenters. The third-order valence-electron chi connectivity index (χ3n) is 3.75. The average Bonchev–Trinajstić information content (AvgIpc) is 3.09. The van der Waals surface area contributed by atoms with Gasteiger partial charge < -0.3 is 14.4 Å².